The fourth-order valence-corrected chi connectivity index (χ4v) is 3.49. The minimum Gasteiger partial charge on any atom is -0.456 e. The number of esters is 1. The molecule has 0 amide bonds. The number of rotatable bonds is 3. The van der Waals surface area contributed by atoms with Crippen LogP contribution in [-0.2, 0) is 4.74 Å². The molecule has 0 fully saturated rings. The molecule has 1 N–H and O–H groups in total. The Labute approximate surface area is 162 Å². The average Bonchev–Trinajstić information content (AvgIpc) is 2.97. The molecule has 0 aliphatic heterocycles. The van der Waals surface area contributed by atoms with Gasteiger partial charge < -0.3 is 10.1 Å². The fraction of sp³-hybridized carbons (Fsp3) is 0.222. The molecular weight excluding hydrogens is 454 g/mol. The van der Waals surface area contributed by atoms with Gasteiger partial charge in [0.1, 0.15) is 11.4 Å². The van der Waals surface area contributed by atoms with Crippen molar-refractivity contribution in [1.82, 2.24) is 4.37 Å². The van der Waals surface area contributed by atoms with E-state index in [1.165, 1.54) is 17.6 Å². The molecule has 0 spiro atoms. The molecular formula is C18H16FIN2O2S. The molecule has 0 aliphatic carbocycles. The van der Waals surface area contributed by atoms with Crippen molar-refractivity contribution in [3.8, 4) is 0 Å². The summed E-state index contributed by atoms with van der Waals surface area (Å²) in [5.41, 5.74) is 0.538. The van der Waals surface area contributed by atoms with Crippen LogP contribution in [0.2, 0.25) is 0 Å². The third-order valence-electron chi connectivity index (χ3n) is 3.33. The molecule has 25 heavy (non-hydrogen) atoms. The summed E-state index contributed by atoms with van der Waals surface area (Å²) in [5, 5.41) is 3.94. The summed E-state index contributed by atoms with van der Waals surface area (Å²) in [7, 11) is 0. The van der Waals surface area contributed by atoms with Crippen LogP contribution in [0.1, 0.15) is 31.1 Å². The van der Waals surface area contributed by atoms with Gasteiger partial charge in [0.2, 0.25) is 0 Å². The number of carbonyl (C=O) groups excluding carboxylic acids is 1. The summed E-state index contributed by atoms with van der Waals surface area (Å²) >= 11 is 3.30. The predicted molar refractivity (Wildman–Crippen MR) is 107 cm³/mol. The molecule has 3 aromatic rings. The van der Waals surface area contributed by atoms with E-state index in [0.717, 1.165) is 13.7 Å². The first-order valence-electron chi connectivity index (χ1n) is 7.57. The zero-order chi connectivity index (χ0) is 18.2. The van der Waals surface area contributed by atoms with Crippen LogP contribution in [0, 0.1) is 9.39 Å². The number of ether oxygens (including phenoxy) is 1. The molecule has 0 bridgehead atoms. The van der Waals surface area contributed by atoms with E-state index in [-0.39, 0.29) is 5.82 Å². The largest absolute Gasteiger partial charge is 0.456 e. The van der Waals surface area contributed by atoms with Crippen molar-refractivity contribution >= 4 is 61.6 Å². The van der Waals surface area contributed by atoms with Gasteiger partial charge in [0, 0.05) is 15.2 Å². The number of halogens is 2. The lowest BCUT2D eigenvalue weighted by molar-refractivity contribution is 0.00709. The van der Waals surface area contributed by atoms with E-state index in [1.807, 2.05) is 49.4 Å². The molecule has 0 unspecified atom stereocenters. The highest BCUT2D eigenvalue weighted by atomic mass is 127. The molecule has 7 heteroatoms. The Bertz CT molecular complexity index is 950. The molecule has 0 radical (unpaired) electrons. The summed E-state index contributed by atoms with van der Waals surface area (Å²) in [6.45, 7) is 5.42. The first kappa shape index (κ1) is 18.1. The van der Waals surface area contributed by atoms with Crippen molar-refractivity contribution in [2.75, 3.05) is 5.32 Å². The summed E-state index contributed by atoms with van der Waals surface area (Å²) in [4.78, 5) is 12.6. The van der Waals surface area contributed by atoms with Gasteiger partial charge in [-0.2, -0.15) is 4.37 Å². The lowest BCUT2D eigenvalue weighted by atomic mass is 10.1. The zero-order valence-corrected chi connectivity index (χ0v) is 16.9. The highest BCUT2D eigenvalue weighted by Crippen LogP contribution is 2.34. The van der Waals surface area contributed by atoms with E-state index < -0.39 is 11.6 Å². The summed E-state index contributed by atoms with van der Waals surface area (Å²) in [5.74, 6) is -0.847. The van der Waals surface area contributed by atoms with Gasteiger partial charge in [-0.3, -0.25) is 0 Å². The fourth-order valence-electron chi connectivity index (χ4n) is 2.29. The van der Waals surface area contributed by atoms with Gasteiger partial charge in [0.15, 0.2) is 0 Å². The highest BCUT2D eigenvalue weighted by Gasteiger charge is 2.23. The molecule has 2 aromatic carbocycles. The third-order valence-corrected chi connectivity index (χ3v) is 4.84. The van der Waals surface area contributed by atoms with E-state index in [9.17, 15) is 9.18 Å². The molecule has 0 saturated carbocycles. The normalized spacial score (nSPS) is 11.6. The molecule has 130 valence electrons. The van der Waals surface area contributed by atoms with Crippen LogP contribution in [0.5, 0.6) is 0 Å². The van der Waals surface area contributed by atoms with Crippen molar-refractivity contribution in [3.05, 3.63) is 51.5 Å². The van der Waals surface area contributed by atoms with E-state index in [1.54, 1.807) is 24.4 Å². The zero-order valence-electron chi connectivity index (χ0n) is 13.9. The van der Waals surface area contributed by atoms with Crippen molar-refractivity contribution < 1.29 is 13.9 Å². The van der Waals surface area contributed by atoms with Gasteiger partial charge in [0.05, 0.1) is 21.6 Å². The van der Waals surface area contributed by atoms with Gasteiger partial charge in [-0.05, 0) is 79.2 Å². The van der Waals surface area contributed by atoms with E-state index in [4.69, 9.17) is 4.74 Å². The smallest absolute Gasteiger partial charge is 0.340 e. The summed E-state index contributed by atoms with van der Waals surface area (Å²) < 4.78 is 25.5. The van der Waals surface area contributed by atoms with Crippen LogP contribution in [0.15, 0.2) is 36.5 Å². The van der Waals surface area contributed by atoms with Crippen LogP contribution in [-0.4, -0.2) is 15.9 Å². The number of carbonyl (C=O) groups is 1. The van der Waals surface area contributed by atoms with Crippen LogP contribution in [0.3, 0.4) is 0 Å². The van der Waals surface area contributed by atoms with Crippen molar-refractivity contribution in [3.63, 3.8) is 0 Å². The van der Waals surface area contributed by atoms with Crippen molar-refractivity contribution in [2.45, 2.75) is 26.4 Å². The number of nitrogens with zero attached hydrogens (tertiary/aromatic N) is 1. The van der Waals surface area contributed by atoms with E-state index >= 15 is 0 Å². The Kier molecular flexibility index (Phi) is 4.97. The number of anilines is 2. The molecule has 1 aromatic heterocycles. The number of hydrogen-bond donors (Lipinski definition) is 1. The van der Waals surface area contributed by atoms with Crippen molar-refractivity contribution in [2.24, 2.45) is 0 Å². The maximum Gasteiger partial charge on any atom is 0.340 e. The Morgan fingerprint density at radius 3 is 2.72 bits per heavy atom. The first-order valence-corrected chi connectivity index (χ1v) is 9.42. The number of nitrogens with one attached hydrogen (secondary N) is 1. The van der Waals surface area contributed by atoms with Gasteiger partial charge >= 0.3 is 5.97 Å². The van der Waals surface area contributed by atoms with E-state index in [0.29, 0.717) is 16.9 Å². The van der Waals surface area contributed by atoms with Gasteiger partial charge in [-0.25, -0.2) is 9.18 Å². The van der Waals surface area contributed by atoms with Crippen molar-refractivity contribution in [1.29, 1.82) is 0 Å². The first-order chi connectivity index (χ1) is 11.7. The maximum absolute atomic E-state index is 14.3. The van der Waals surface area contributed by atoms with Crippen LogP contribution in [0.4, 0.5) is 15.8 Å². The Hall–Kier alpha value is -1.74. The average molecular weight is 470 g/mol. The third kappa shape index (κ3) is 4.09. The second-order valence-electron chi connectivity index (χ2n) is 6.48. The molecule has 0 saturated heterocycles. The highest BCUT2D eigenvalue weighted by molar-refractivity contribution is 14.1. The Morgan fingerprint density at radius 2 is 2.04 bits per heavy atom. The predicted octanol–water partition coefficient (Wildman–Crippen LogP) is 5.74. The molecule has 1 heterocycles. The number of fused-ring (bicyclic) bond motifs is 1. The van der Waals surface area contributed by atoms with Crippen LogP contribution in [0.25, 0.3) is 10.1 Å². The monoisotopic (exact) mass is 470 g/mol. The summed E-state index contributed by atoms with van der Waals surface area (Å²) in [6.07, 6.45) is 1.72. The topological polar surface area (TPSA) is 51.2 Å². The standard InChI is InChI=1S/C18H16FIN2O2S/c1-18(2,3)24-17(23)12-6-4-10-9-21-25-16(10)15(12)22-14-7-5-11(20)8-13(14)19/h4-9,22H,1-3H3. The number of benzene rings is 2. The van der Waals surface area contributed by atoms with E-state index in [2.05, 4.69) is 9.69 Å². The lowest BCUT2D eigenvalue weighted by Gasteiger charge is -2.21. The van der Waals surface area contributed by atoms with Crippen LogP contribution >= 0.6 is 34.1 Å². The Balaban J connectivity index is 2.09. The minimum absolute atomic E-state index is 0.297. The summed E-state index contributed by atoms with van der Waals surface area (Å²) in [6, 6.07) is 8.37. The Morgan fingerprint density at radius 1 is 1.28 bits per heavy atom. The molecule has 0 aliphatic rings. The lowest BCUT2D eigenvalue weighted by Crippen LogP contribution is -2.24. The minimum atomic E-state index is -0.620. The molecule has 0 atom stereocenters. The maximum atomic E-state index is 14.3. The van der Waals surface area contributed by atoms with Gasteiger partial charge in [-0.15, -0.1) is 0 Å². The second-order valence-corrected chi connectivity index (χ2v) is 8.53. The number of hydrogen-bond acceptors (Lipinski definition) is 5. The van der Waals surface area contributed by atoms with Gasteiger partial charge in [0.25, 0.3) is 0 Å². The number of aromatic nitrogens is 1. The van der Waals surface area contributed by atoms with Gasteiger partial charge in [-0.1, -0.05) is 6.07 Å². The second kappa shape index (κ2) is 6.87. The van der Waals surface area contributed by atoms with Crippen LogP contribution < -0.4 is 5.32 Å². The quantitative estimate of drug-likeness (QED) is 0.392. The molecule has 4 nitrogen and oxygen atoms in total. The molecule has 3 rings (SSSR count). The SMILES string of the molecule is CC(C)(C)OC(=O)c1ccc2cnsc2c1Nc1ccc(I)cc1F.